The number of ether oxygens (including phenoxy) is 1. The van der Waals surface area contributed by atoms with Crippen molar-refractivity contribution in [3.05, 3.63) is 24.3 Å². The summed E-state index contributed by atoms with van der Waals surface area (Å²) in [7, 11) is 3.33. The first kappa shape index (κ1) is 14.0. The van der Waals surface area contributed by atoms with Crippen molar-refractivity contribution < 1.29 is 9.53 Å². The molecule has 0 saturated carbocycles. The van der Waals surface area contributed by atoms with Gasteiger partial charge in [-0.25, -0.2) is 0 Å². The predicted octanol–water partition coefficient (Wildman–Crippen LogP) is 1.48. The van der Waals surface area contributed by atoms with Crippen molar-refractivity contribution >= 4 is 11.6 Å². The van der Waals surface area contributed by atoms with E-state index in [4.69, 9.17) is 10.00 Å². The first-order valence-corrected chi connectivity index (χ1v) is 5.60. The summed E-state index contributed by atoms with van der Waals surface area (Å²) in [5.74, 6) is 0.591. The molecule has 0 bridgehead atoms. The molecule has 0 fully saturated rings. The molecule has 5 nitrogen and oxygen atoms in total. The summed E-state index contributed by atoms with van der Waals surface area (Å²) in [4.78, 5) is 13.4. The summed E-state index contributed by atoms with van der Waals surface area (Å²) in [6.07, 6.45) is 0. The van der Waals surface area contributed by atoms with E-state index in [0.29, 0.717) is 5.69 Å². The molecule has 0 aliphatic rings. The fourth-order valence-corrected chi connectivity index (χ4v) is 1.34. The van der Waals surface area contributed by atoms with Crippen LogP contribution < -0.4 is 10.1 Å². The molecule has 0 unspecified atom stereocenters. The van der Waals surface area contributed by atoms with Gasteiger partial charge in [0.05, 0.1) is 25.8 Å². The Hall–Kier alpha value is -2.06. The fraction of sp³-hybridized carbons (Fsp3) is 0.385. The number of anilines is 1. The maximum atomic E-state index is 11.7. The second kappa shape index (κ2) is 6.62. The van der Waals surface area contributed by atoms with Crippen molar-refractivity contribution in [1.82, 2.24) is 4.90 Å². The number of nitrogens with zero attached hydrogens (tertiary/aromatic N) is 2. The Balaban J connectivity index is 2.52. The van der Waals surface area contributed by atoms with Crippen LogP contribution in [0.5, 0.6) is 5.75 Å². The Bertz CT molecular complexity index is 437. The molecule has 0 radical (unpaired) electrons. The highest BCUT2D eigenvalue weighted by Gasteiger charge is 2.12. The van der Waals surface area contributed by atoms with Crippen molar-refractivity contribution in [1.29, 1.82) is 5.26 Å². The van der Waals surface area contributed by atoms with Crippen LogP contribution in [-0.2, 0) is 4.79 Å². The van der Waals surface area contributed by atoms with Crippen molar-refractivity contribution in [3.8, 4) is 11.8 Å². The minimum Gasteiger partial charge on any atom is -0.497 e. The molecule has 18 heavy (non-hydrogen) atoms. The molecule has 0 spiro atoms. The van der Waals surface area contributed by atoms with Crippen LogP contribution in [0.25, 0.3) is 0 Å². The van der Waals surface area contributed by atoms with Crippen LogP contribution in [0.15, 0.2) is 24.3 Å². The minimum atomic E-state index is -0.286. The van der Waals surface area contributed by atoms with Crippen molar-refractivity contribution in [2.45, 2.75) is 13.0 Å². The monoisotopic (exact) mass is 247 g/mol. The third-order valence-corrected chi connectivity index (χ3v) is 2.61. The second-order valence-corrected chi connectivity index (χ2v) is 4.00. The van der Waals surface area contributed by atoms with E-state index in [0.717, 1.165) is 5.75 Å². The van der Waals surface area contributed by atoms with E-state index < -0.39 is 0 Å². The molecule has 96 valence electrons. The number of methoxy groups -OCH3 is 1. The number of hydrogen-bond acceptors (Lipinski definition) is 4. The lowest BCUT2D eigenvalue weighted by Gasteiger charge is -2.18. The lowest BCUT2D eigenvalue weighted by atomic mass is 10.3. The summed E-state index contributed by atoms with van der Waals surface area (Å²) in [6, 6.07) is 8.88. The highest BCUT2D eigenvalue weighted by molar-refractivity contribution is 5.92. The van der Waals surface area contributed by atoms with Gasteiger partial charge < -0.3 is 10.1 Å². The molecule has 5 heteroatoms. The van der Waals surface area contributed by atoms with Gasteiger partial charge in [-0.2, -0.15) is 5.26 Å². The molecule has 1 aromatic carbocycles. The van der Waals surface area contributed by atoms with Crippen molar-refractivity contribution in [2.24, 2.45) is 0 Å². The summed E-state index contributed by atoms with van der Waals surface area (Å²) in [5, 5.41) is 11.5. The van der Waals surface area contributed by atoms with E-state index in [1.165, 1.54) is 0 Å². The zero-order valence-corrected chi connectivity index (χ0v) is 10.8. The fourth-order valence-electron chi connectivity index (χ4n) is 1.34. The van der Waals surface area contributed by atoms with Gasteiger partial charge in [-0.1, -0.05) is 0 Å². The molecular weight excluding hydrogens is 230 g/mol. The average molecular weight is 247 g/mol. The summed E-state index contributed by atoms with van der Waals surface area (Å²) >= 11 is 0. The number of carbonyl (C=O) groups excluding carboxylic acids is 1. The van der Waals surface area contributed by atoms with Gasteiger partial charge in [0.2, 0.25) is 5.91 Å². The van der Waals surface area contributed by atoms with Gasteiger partial charge in [0.25, 0.3) is 0 Å². The van der Waals surface area contributed by atoms with Gasteiger partial charge in [-0.15, -0.1) is 0 Å². The number of nitrogens with one attached hydrogen (secondary N) is 1. The Morgan fingerprint density at radius 2 is 2.11 bits per heavy atom. The molecule has 0 aliphatic heterocycles. The van der Waals surface area contributed by atoms with Gasteiger partial charge in [0, 0.05) is 5.69 Å². The van der Waals surface area contributed by atoms with Crippen molar-refractivity contribution in [2.75, 3.05) is 26.0 Å². The van der Waals surface area contributed by atoms with E-state index in [1.807, 2.05) is 0 Å². The zero-order chi connectivity index (χ0) is 13.5. The Morgan fingerprint density at radius 3 is 2.61 bits per heavy atom. The Kier molecular flexibility index (Phi) is 5.15. The van der Waals surface area contributed by atoms with Gasteiger partial charge in [-0.3, -0.25) is 9.69 Å². The topological polar surface area (TPSA) is 65.4 Å². The molecule has 1 N–H and O–H groups in total. The molecule has 1 rings (SSSR count). The number of rotatable bonds is 5. The number of nitriles is 1. The molecule has 0 heterocycles. The first-order chi connectivity index (χ1) is 8.56. The van der Waals surface area contributed by atoms with Crippen LogP contribution in [0.2, 0.25) is 0 Å². The lowest BCUT2D eigenvalue weighted by Crippen LogP contribution is -2.35. The quantitative estimate of drug-likeness (QED) is 0.855. The van der Waals surface area contributed by atoms with Crippen LogP contribution in [-0.4, -0.2) is 37.6 Å². The molecule has 0 aliphatic carbocycles. The zero-order valence-electron chi connectivity index (χ0n) is 10.8. The van der Waals surface area contributed by atoms with Gasteiger partial charge in [0.15, 0.2) is 0 Å². The maximum Gasteiger partial charge on any atom is 0.238 e. The molecule has 1 aromatic rings. The number of benzene rings is 1. The minimum absolute atomic E-state index is 0.148. The predicted molar refractivity (Wildman–Crippen MR) is 69.3 cm³/mol. The van der Waals surface area contributed by atoms with Crippen LogP contribution in [0.1, 0.15) is 6.92 Å². The third-order valence-electron chi connectivity index (χ3n) is 2.61. The molecule has 0 saturated heterocycles. The van der Waals surface area contributed by atoms with Crippen LogP contribution >= 0.6 is 0 Å². The van der Waals surface area contributed by atoms with Crippen LogP contribution in [0.3, 0.4) is 0 Å². The highest BCUT2D eigenvalue weighted by atomic mass is 16.5. The third kappa shape index (κ3) is 4.07. The summed E-state index contributed by atoms with van der Waals surface area (Å²) < 4.78 is 5.03. The normalized spacial score (nSPS) is 11.7. The standard InChI is InChI=1S/C13H17N3O2/c1-10(8-14)16(2)9-13(17)15-11-4-6-12(18-3)7-5-11/h4-7,10H,9H2,1-3H3,(H,15,17)/t10-/m0/s1. The maximum absolute atomic E-state index is 11.7. The Labute approximate surface area is 107 Å². The SMILES string of the molecule is COc1ccc(NC(=O)CN(C)[C@@H](C)C#N)cc1. The number of amides is 1. The number of carbonyl (C=O) groups is 1. The second-order valence-electron chi connectivity index (χ2n) is 4.00. The summed E-state index contributed by atoms with van der Waals surface area (Å²) in [5.41, 5.74) is 0.707. The number of likely N-dealkylation sites (N-methyl/N-ethyl adjacent to an activating group) is 1. The van der Waals surface area contributed by atoms with Crippen LogP contribution in [0.4, 0.5) is 5.69 Å². The highest BCUT2D eigenvalue weighted by Crippen LogP contribution is 2.14. The Morgan fingerprint density at radius 1 is 1.50 bits per heavy atom. The first-order valence-electron chi connectivity index (χ1n) is 5.60. The molecule has 0 aromatic heterocycles. The van der Waals surface area contributed by atoms with E-state index in [9.17, 15) is 4.79 Å². The lowest BCUT2D eigenvalue weighted by molar-refractivity contribution is -0.117. The summed E-state index contributed by atoms with van der Waals surface area (Å²) in [6.45, 7) is 1.93. The van der Waals surface area contributed by atoms with E-state index in [1.54, 1.807) is 50.2 Å². The smallest absolute Gasteiger partial charge is 0.238 e. The van der Waals surface area contributed by atoms with Gasteiger partial charge in [-0.05, 0) is 38.2 Å². The van der Waals surface area contributed by atoms with E-state index in [-0.39, 0.29) is 18.5 Å². The van der Waals surface area contributed by atoms with Gasteiger partial charge in [0.1, 0.15) is 5.75 Å². The molecule has 1 amide bonds. The van der Waals surface area contributed by atoms with Crippen molar-refractivity contribution in [3.63, 3.8) is 0 Å². The van der Waals surface area contributed by atoms with E-state index in [2.05, 4.69) is 11.4 Å². The molecular formula is C13H17N3O2. The van der Waals surface area contributed by atoms with Gasteiger partial charge >= 0.3 is 0 Å². The molecule has 1 atom stereocenters. The van der Waals surface area contributed by atoms with E-state index >= 15 is 0 Å². The average Bonchev–Trinajstić information content (AvgIpc) is 2.38. The van der Waals surface area contributed by atoms with Crippen LogP contribution in [0, 0.1) is 11.3 Å². The largest absolute Gasteiger partial charge is 0.497 e. The number of hydrogen-bond donors (Lipinski definition) is 1.